The van der Waals surface area contributed by atoms with Gasteiger partial charge in [-0.2, -0.15) is 11.8 Å². The molecule has 1 aliphatic carbocycles. The Hall–Kier alpha value is 0.170. The van der Waals surface area contributed by atoms with Crippen LogP contribution in [-0.4, -0.2) is 34.5 Å². The standard InChI is InChI=1S/C12H22N2S2/c1-3-9-8-13-12(16-9)14-10-6-4-5-7-11(10)15-2/h9-11H,3-8H2,1-2H3,(H,13,14). The van der Waals surface area contributed by atoms with Gasteiger partial charge in [0.1, 0.15) is 0 Å². The van der Waals surface area contributed by atoms with Crippen molar-refractivity contribution in [1.29, 1.82) is 0 Å². The van der Waals surface area contributed by atoms with Crippen LogP contribution in [0.3, 0.4) is 0 Å². The van der Waals surface area contributed by atoms with E-state index in [0.29, 0.717) is 6.04 Å². The zero-order valence-electron chi connectivity index (χ0n) is 10.2. The van der Waals surface area contributed by atoms with Crippen molar-refractivity contribution in [2.45, 2.75) is 55.6 Å². The Balaban J connectivity index is 1.84. The molecule has 0 spiro atoms. The first-order valence-corrected chi connectivity index (χ1v) is 8.50. The van der Waals surface area contributed by atoms with E-state index in [1.807, 2.05) is 23.5 Å². The van der Waals surface area contributed by atoms with Crippen molar-refractivity contribution in [2.24, 2.45) is 4.99 Å². The Bertz CT molecular complexity index is 255. The molecule has 16 heavy (non-hydrogen) atoms. The van der Waals surface area contributed by atoms with Crippen LogP contribution in [0.2, 0.25) is 0 Å². The molecular formula is C12H22N2S2. The fourth-order valence-corrected chi connectivity index (χ4v) is 4.35. The van der Waals surface area contributed by atoms with Gasteiger partial charge in [0.15, 0.2) is 5.17 Å². The smallest absolute Gasteiger partial charge is 0.157 e. The maximum atomic E-state index is 4.61. The van der Waals surface area contributed by atoms with E-state index in [1.54, 1.807) is 0 Å². The largest absolute Gasteiger partial charge is 0.361 e. The van der Waals surface area contributed by atoms with E-state index in [9.17, 15) is 0 Å². The molecular weight excluding hydrogens is 236 g/mol. The molecule has 0 saturated heterocycles. The van der Waals surface area contributed by atoms with Gasteiger partial charge in [-0.05, 0) is 25.5 Å². The SMILES string of the molecule is CCC1CN=C(NC2CCCCC2SC)S1. The third kappa shape index (κ3) is 3.10. The first-order valence-electron chi connectivity index (χ1n) is 6.34. The van der Waals surface area contributed by atoms with Gasteiger partial charge in [-0.15, -0.1) is 0 Å². The number of rotatable bonds is 3. The second kappa shape index (κ2) is 6.20. The van der Waals surface area contributed by atoms with Gasteiger partial charge in [-0.1, -0.05) is 31.5 Å². The summed E-state index contributed by atoms with van der Waals surface area (Å²) in [4.78, 5) is 4.61. The van der Waals surface area contributed by atoms with Crippen LogP contribution >= 0.6 is 23.5 Å². The van der Waals surface area contributed by atoms with Gasteiger partial charge >= 0.3 is 0 Å². The topological polar surface area (TPSA) is 24.4 Å². The van der Waals surface area contributed by atoms with Crippen LogP contribution in [0.4, 0.5) is 0 Å². The highest BCUT2D eigenvalue weighted by atomic mass is 32.2. The molecule has 1 aliphatic heterocycles. The molecule has 2 aliphatic rings. The molecule has 92 valence electrons. The van der Waals surface area contributed by atoms with E-state index in [4.69, 9.17) is 0 Å². The summed E-state index contributed by atoms with van der Waals surface area (Å²) >= 11 is 3.96. The van der Waals surface area contributed by atoms with Crippen molar-refractivity contribution in [1.82, 2.24) is 5.32 Å². The monoisotopic (exact) mass is 258 g/mol. The number of thioether (sulfide) groups is 2. The fourth-order valence-electron chi connectivity index (χ4n) is 2.41. The summed E-state index contributed by atoms with van der Waals surface area (Å²) in [5, 5.41) is 6.39. The third-order valence-corrected chi connectivity index (χ3v) is 5.94. The Kier molecular flexibility index (Phi) is 4.89. The Morgan fingerprint density at radius 1 is 1.44 bits per heavy atom. The van der Waals surface area contributed by atoms with E-state index >= 15 is 0 Å². The van der Waals surface area contributed by atoms with Gasteiger partial charge in [0.05, 0.1) is 6.54 Å². The van der Waals surface area contributed by atoms with Crippen LogP contribution in [-0.2, 0) is 0 Å². The van der Waals surface area contributed by atoms with Crippen LogP contribution in [0.15, 0.2) is 4.99 Å². The third-order valence-electron chi connectivity index (χ3n) is 3.49. The van der Waals surface area contributed by atoms with E-state index in [1.165, 1.54) is 37.3 Å². The molecule has 0 radical (unpaired) electrons. The minimum absolute atomic E-state index is 0.658. The summed E-state index contributed by atoms with van der Waals surface area (Å²) < 4.78 is 0. The lowest BCUT2D eigenvalue weighted by Gasteiger charge is -2.31. The maximum Gasteiger partial charge on any atom is 0.157 e. The van der Waals surface area contributed by atoms with Crippen molar-refractivity contribution in [2.75, 3.05) is 12.8 Å². The average Bonchev–Trinajstić information content (AvgIpc) is 2.77. The summed E-state index contributed by atoms with van der Waals surface area (Å²) in [6.45, 7) is 3.27. The number of nitrogens with one attached hydrogen (secondary N) is 1. The minimum Gasteiger partial charge on any atom is -0.361 e. The lowest BCUT2D eigenvalue weighted by atomic mass is 9.95. The Morgan fingerprint density at radius 3 is 2.94 bits per heavy atom. The molecule has 0 aromatic carbocycles. The predicted molar refractivity (Wildman–Crippen MR) is 76.7 cm³/mol. The molecule has 2 nitrogen and oxygen atoms in total. The quantitative estimate of drug-likeness (QED) is 0.841. The molecule has 0 amide bonds. The van der Waals surface area contributed by atoms with Gasteiger partial charge in [0, 0.05) is 16.5 Å². The fraction of sp³-hybridized carbons (Fsp3) is 0.917. The van der Waals surface area contributed by atoms with Crippen molar-refractivity contribution in [3.05, 3.63) is 0 Å². The summed E-state index contributed by atoms with van der Waals surface area (Å²) in [5.41, 5.74) is 0. The van der Waals surface area contributed by atoms with Crippen LogP contribution in [0, 0.1) is 0 Å². The first-order chi connectivity index (χ1) is 7.83. The molecule has 1 fully saturated rings. The number of nitrogens with zero attached hydrogens (tertiary/aromatic N) is 1. The molecule has 4 heteroatoms. The molecule has 1 N–H and O–H groups in total. The van der Waals surface area contributed by atoms with Gasteiger partial charge < -0.3 is 5.32 Å². The van der Waals surface area contributed by atoms with Crippen LogP contribution < -0.4 is 5.32 Å². The normalized spacial score (nSPS) is 34.9. The second-order valence-electron chi connectivity index (χ2n) is 4.60. The van der Waals surface area contributed by atoms with Crippen LogP contribution in [0.5, 0.6) is 0 Å². The molecule has 0 aromatic rings. The zero-order chi connectivity index (χ0) is 11.4. The summed E-state index contributed by atoms with van der Waals surface area (Å²) in [6.07, 6.45) is 8.94. The molecule has 0 bridgehead atoms. The molecule has 2 rings (SSSR count). The Labute approximate surface area is 107 Å². The number of amidine groups is 1. The molecule has 1 saturated carbocycles. The van der Waals surface area contributed by atoms with Crippen molar-refractivity contribution in [3.8, 4) is 0 Å². The van der Waals surface area contributed by atoms with Crippen molar-refractivity contribution >= 4 is 28.7 Å². The number of hydrogen-bond acceptors (Lipinski definition) is 4. The molecule has 3 atom stereocenters. The predicted octanol–water partition coefficient (Wildman–Crippen LogP) is 3.13. The summed E-state index contributed by atoms with van der Waals surface area (Å²) in [7, 11) is 0. The van der Waals surface area contributed by atoms with Gasteiger partial charge in [0.2, 0.25) is 0 Å². The van der Waals surface area contributed by atoms with Gasteiger partial charge in [-0.25, -0.2) is 0 Å². The second-order valence-corrected chi connectivity index (χ2v) is 6.97. The average molecular weight is 258 g/mol. The van der Waals surface area contributed by atoms with Gasteiger partial charge in [0.25, 0.3) is 0 Å². The Morgan fingerprint density at radius 2 is 2.25 bits per heavy atom. The van der Waals surface area contributed by atoms with Crippen LogP contribution in [0.25, 0.3) is 0 Å². The highest BCUT2D eigenvalue weighted by Crippen LogP contribution is 2.29. The highest BCUT2D eigenvalue weighted by Gasteiger charge is 2.27. The van der Waals surface area contributed by atoms with E-state index in [2.05, 4.69) is 23.5 Å². The highest BCUT2D eigenvalue weighted by molar-refractivity contribution is 8.14. The molecule has 3 unspecified atom stereocenters. The first kappa shape index (κ1) is 12.6. The van der Waals surface area contributed by atoms with Crippen molar-refractivity contribution in [3.63, 3.8) is 0 Å². The van der Waals surface area contributed by atoms with E-state index in [-0.39, 0.29) is 0 Å². The molecule has 1 heterocycles. The number of aliphatic imine (C=N–C) groups is 1. The number of hydrogen-bond donors (Lipinski definition) is 1. The van der Waals surface area contributed by atoms with Gasteiger partial charge in [-0.3, -0.25) is 4.99 Å². The zero-order valence-corrected chi connectivity index (χ0v) is 11.9. The van der Waals surface area contributed by atoms with E-state index in [0.717, 1.165) is 17.0 Å². The summed E-state index contributed by atoms with van der Waals surface area (Å²) in [6, 6.07) is 0.658. The van der Waals surface area contributed by atoms with Crippen molar-refractivity contribution < 1.29 is 0 Å². The molecule has 0 aromatic heterocycles. The summed E-state index contributed by atoms with van der Waals surface area (Å²) in [5.74, 6) is 0. The lowest BCUT2D eigenvalue weighted by Crippen LogP contribution is -2.42. The maximum absolute atomic E-state index is 4.61. The van der Waals surface area contributed by atoms with Crippen LogP contribution in [0.1, 0.15) is 39.0 Å². The van der Waals surface area contributed by atoms with E-state index < -0.39 is 0 Å². The minimum atomic E-state index is 0.658. The lowest BCUT2D eigenvalue weighted by molar-refractivity contribution is 0.427.